The molecule has 1 aliphatic rings. The molecule has 6 heteroatoms. The van der Waals surface area contributed by atoms with E-state index in [4.69, 9.17) is 9.84 Å². The first-order valence-electron chi connectivity index (χ1n) is 9.51. The standard InChI is InChI=1S/C22H25NO4S/c1-2-28-12-11-15(13-21(24)25)23-22(26)27-14-20-18-9-5-3-7-16(18)17-8-4-6-10-19(17)20/h3-10,15,20H,2,11-14H2,1H3,(H,23,26)(H,24,25). The number of carbonyl (C=O) groups is 2. The molecule has 1 amide bonds. The van der Waals surface area contributed by atoms with Gasteiger partial charge in [0.25, 0.3) is 0 Å². The lowest BCUT2D eigenvalue weighted by molar-refractivity contribution is -0.137. The molecule has 5 nitrogen and oxygen atoms in total. The number of nitrogens with one attached hydrogen (secondary N) is 1. The summed E-state index contributed by atoms with van der Waals surface area (Å²) < 4.78 is 5.51. The zero-order chi connectivity index (χ0) is 19.9. The zero-order valence-electron chi connectivity index (χ0n) is 15.9. The lowest BCUT2D eigenvalue weighted by Crippen LogP contribution is -2.37. The summed E-state index contributed by atoms with van der Waals surface area (Å²) in [6, 6.07) is 15.9. The van der Waals surface area contributed by atoms with Gasteiger partial charge < -0.3 is 15.2 Å². The molecule has 0 heterocycles. The fraction of sp³-hybridized carbons (Fsp3) is 0.364. The Bertz CT molecular complexity index is 793. The Labute approximate surface area is 169 Å². The van der Waals surface area contributed by atoms with Crippen molar-refractivity contribution in [2.75, 3.05) is 18.1 Å². The molecule has 0 saturated heterocycles. The van der Waals surface area contributed by atoms with Crippen molar-refractivity contribution in [3.8, 4) is 11.1 Å². The third kappa shape index (κ3) is 4.87. The van der Waals surface area contributed by atoms with E-state index in [9.17, 15) is 9.59 Å². The van der Waals surface area contributed by atoms with Gasteiger partial charge in [-0.3, -0.25) is 4.79 Å². The van der Waals surface area contributed by atoms with E-state index in [1.807, 2.05) is 24.3 Å². The fourth-order valence-electron chi connectivity index (χ4n) is 3.61. The van der Waals surface area contributed by atoms with E-state index >= 15 is 0 Å². The predicted molar refractivity (Wildman–Crippen MR) is 112 cm³/mol. The second kappa shape index (κ2) is 9.64. The van der Waals surface area contributed by atoms with E-state index in [1.54, 1.807) is 11.8 Å². The molecule has 2 aromatic rings. The smallest absolute Gasteiger partial charge is 0.407 e. The number of hydrogen-bond donors (Lipinski definition) is 2. The van der Waals surface area contributed by atoms with E-state index in [1.165, 1.54) is 11.1 Å². The molecule has 3 rings (SSSR count). The van der Waals surface area contributed by atoms with Gasteiger partial charge in [-0.05, 0) is 40.2 Å². The highest BCUT2D eigenvalue weighted by Crippen LogP contribution is 2.44. The number of thioether (sulfide) groups is 1. The van der Waals surface area contributed by atoms with Crippen molar-refractivity contribution in [3.63, 3.8) is 0 Å². The normalized spacial score (nSPS) is 13.5. The number of hydrogen-bond acceptors (Lipinski definition) is 4. The first-order chi connectivity index (χ1) is 13.6. The Morgan fingerprint density at radius 2 is 1.71 bits per heavy atom. The Kier molecular flexibility index (Phi) is 6.98. The van der Waals surface area contributed by atoms with Crippen molar-refractivity contribution in [1.82, 2.24) is 5.32 Å². The highest BCUT2D eigenvalue weighted by atomic mass is 32.2. The van der Waals surface area contributed by atoms with Crippen molar-refractivity contribution in [1.29, 1.82) is 0 Å². The molecule has 0 bridgehead atoms. The van der Waals surface area contributed by atoms with Crippen LogP contribution in [0.3, 0.4) is 0 Å². The van der Waals surface area contributed by atoms with Crippen LogP contribution in [0.1, 0.15) is 36.8 Å². The van der Waals surface area contributed by atoms with Gasteiger partial charge in [0.05, 0.1) is 6.42 Å². The van der Waals surface area contributed by atoms with Crippen LogP contribution in [0, 0.1) is 0 Å². The highest BCUT2D eigenvalue weighted by molar-refractivity contribution is 7.99. The van der Waals surface area contributed by atoms with Gasteiger partial charge in [0, 0.05) is 12.0 Å². The number of benzene rings is 2. The summed E-state index contributed by atoms with van der Waals surface area (Å²) in [6.07, 6.45) is -0.0571. The van der Waals surface area contributed by atoms with Crippen LogP contribution in [0.25, 0.3) is 11.1 Å². The Morgan fingerprint density at radius 1 is 1.11 bits per heavy atom. The van der Waals surface area contributed by atoms with Gasteiger partial charge in [-0.2, -0.15) is 11.8 Å². The van der Waals surface area contributed by atoms with E-state index in [0.717, 1.165) is 22.6 Å². The maximum absolute atomic E-state index is 12.3. The molecular formula is C22H25NO4S. The molecule has 148 valence electrons. The number of alkyl carbamates (subject to hydrolysis) is 1. The molecule has 0 radical (unpaired) electrons. The molecule has 0 aromatic heterocycles. The minimum absolute atomic E-state index is 0.00767. The zero-order valence-corrected chi connectivity index (χ0v) is 16.7. The van der Waals surface area contributed by atoms with E-state index in [-0.39, 0.29) is 18.9 Å². The average Bonchev–Trinajstić information content (AvgIpc) is 3.00. The first kappa shape index (κ1) is 20.3. The third-order valence-electron chi connectivity index (χ3n) is 4.90. The first-order valence-corrected chi connectivity index (χ1v) is 10.7. The maximum atomic E-state index is 12.3. The number of aliphatic carboxylic acids is 1. The van der Waals surface area contributed by atoms with E-state index in [0.29, 0.717) is 6.42 Å². The van der Waals surface area contributed by atoms with E-state index in [2.05, 4.69) is 36.5 Å². The molecular weight excluding hydrogens is 374 g/mol. The third-order valence-corrected chi connectivity index (χ3v) is 5.83. The summed E-state index contributed by atoms with van der Waals surface area (Å²) in [4.78, 5) is 23.4. The summed E-state index contributed by atoms with van der Waals surface area (Å²) in [5.41, 5.74) is 4.65. The maximum Gasteiger partial charge on any atom is 0.407 e. The molecule has 0 spiro atoms. The summed E-state index contributed by atoms with van der Waals surface area (Å²) in [6.45, 7) is 2.28. The number of rotatable bonds is 9. The van der Waals surface area contributed by atoms with E-state index < -0.39 is 18.1 Å². The van der Waals surface area contributed by atoms with Gasteiger partial charge in [0.2, 0.25) is 0 Å². The number of ether oxygens (including phenoxy) is 1. The van der Waals surface area contributed by atoms with Gasteiger partial charge in [-0.15, -0.1) is 0 Å². The Balaban J connectivity index is 1.63. The van der Waals surface area contributed by atoms with Crippen LogP contribution in [0.2, 0.25) is 0 Å². The van der Waals surface area contributed by atoms with Gasteiger partial charge in [0.1, 0.15) is 6.61 Å². The predicted octanol–water partition coefficient (Wildman–Crippen LogP) is 4.51. The molecule has 2 N–H and O–H groups in total. The number of carboxylic acid groups (broad SMARTS) is 1. The van der Waals surface area contributed by atoms with Gasteiger partial charge >= 0.3 is 12.1 Å². The molecule has 2 aromatic carbocycles. The molecule has 28 heavy (non-hydrogen) atoms. The largest absolute Gasteiger partial charge is 0.481 e. The van der Waals surface area contributed by atoms with Crippen LogP contribution in [0.4, 0.5) is 4.79 Å². The second-order valence-electron chi connectivity index (χ2n) is 6.75. The number of carboxylic acids is 1. The Hall–Kier alpha value is -2.47. The van der Waals surface area contributed by atoms with Crippen LogP contribution >= 0.6 is 11.8 Å². The molecule has 0 saturated carbocycles. The lowest BCUT2D eigenvalue weighted by Gasteiger charge is -2.18. The molecule has 1 unspecified atom stereocenters. The van der Waals surface area contributed by atoms with Crippen molar-refractivity contribution >= 4 is 23.8 Å². The minimum atomic E-state index is -0.926. The van der Waals surface area contributed by atoms with Gasteiger partial charge in [-0.1, -0.05) is 55.5 Å². The van der Waals surface area contributed by atoms with Crippen LogP contribution in [0.15, 0.2) is 48.5 Å². The monoisotopic (exact) mass is 399 g/mol. The summed E-state index contributed by atoms with van der Waals surface area (Å²) >= 11 is 1.72. The van der Waals surface area contributed by atoms with Crippen LogP contribution in [0.5, 0.6) is 0 Å². The topological polar surface area (TPSA) is 75.6 Å². The molecule has 0 aliphatic heterocycles. The quantitative estimate of drug-likeness (QED) is 0.607. The van der Waals surface area contributed by atoms with Crippen LogP contribution in [-0.4, -0.2) is 41.3 Å². The van der Waals surface area contributed by atoms with Gasteiger partial charge in [0.15, 0.2) is 0 Å². The Morgan fingerprint density at radius 3 is 2.29 bits per heavy atom. The van der Waals surface area contributed by atoms with Crippen molar-refractivity contribution < 1.29 is 19.4 Å². The van der Waals surface area contributed by atoms with Crippen LogP contribution < -0.4 is 5.32 Å². The highest BCUT2D eigenvalue weighted by Gasteiger charge is 2.29. The van der Waals surface area contributed by atoms with Crippen molar-refractivity contribution in [3.05, 3.63) is 59.7 Å². The molecule has 0 fully saturated rings. The summed E-state index contributed by atoms with van der Waals surface area (Å²) in [5.74, 6) is 0.834. The minimum Gasteiger partial charge on any atom is -0.481 e. The molecule has 1 aliphatic carbocycles. The average molecular weight is 400 g/mol. The van der Waals surface area contributed by atoms with Crippen molar-refractivity contribution in [2.24, 2.45) is 0 Å². The fourth-order valence-corrected chi connectivity index (χ4v) is 4.35. The van der Waals surface area contributed by atoms with Crippen molar-refractivity contribution in [2.45, 2.75) is 31.7 Å². The number of amides is 1. The molecule has 1 atom stereocenters. The lowest BCUT2D eigenvalue weighted by atomic mass is 9.98. The SMILES string of the molecule is CCSCCC(CC(=O)O)NC(=O)OCC1c2ccccc2-c2ccccc21. The van der Waals surface area contributed by atoms with Gasteiger partial charge in [-0.25, -0.2) is 4.79 Å². The number of fused-ring (bicyclic) bond motifs is 3. The summed E-state index contributed by atoms with van der Waals surface area (Å²) in [7, 11) is 0. The second-order valence-corrected chi connectivity index (χ2v) is 8.14. The number of carbonyl (C=O) groups excluding carboxylic acids is 1. The van der Waals surface area contributed by atoms with Crippen LogP contribution in [-0.2, 0) is 9.53 Å². The summed E-state index contributed by atoms with van der Waals surface area (Å²) in [5, 5.41) is 11.8.